The van der Waals surface area contributed by atoms with Crippen LogP contribution < -0.4 is 20.5 Å². The summed E-state index contributed by atoms with van der Waals surface area (Å²) in [6.45, 7) is 1.28. The Hall–Kier alpha value is -2.80. The minimum Gasteiger partial charge on any atom is -0.493 e. The lowest BCUT2D eigenvalue weighted by Gasteiger charge is -2.17. The molecule has 8 heteroatoms. The summed E-state index contributed by atoms with van der Waals surface area (Å²) < 4.78 is 24.2. The number of rotatable bonds is 7. The van der Waals surface area contributed by atoms with Gasteiger partial charge in [-0.05, 0) is 25.1 Å². The molecule has 2 aromatic rings. The van der Waals surface area contributed by atoms with E-state index in [1.807, 2.05) is 0 Å². The van der Waals surface area contributed by atoms with Gasteiger partial charge in [-0.3, -0.25) is 9.59 Å². The number of amides is 2. The van der Waals surface area contributed by atoms with Crippen molar-refractivity contribution in [2.75, 3.05) is 13.7 Å². The molecule has 1 atom stereocenters. The Morgan fingerprint density at radius 1 is 1.31 bits per heavy atom. The van der Waals surface area contributed by atoms with Crippen LogP contribution in [-0.4, -0.2) is 25.5 Å². The van der Waals surface area contributed by atoms with Crippen LogP contribution in [0.15, 0.2) is 36.4 Å². The summed E-state index contributed by atoms with van der Waals surface area (Å²) in [7, 11) is 1.37. The second kappa shape index (κ2) is 8.53. The van der Waals surface area contributed by atoms with Crippen LogP contribution in [0.4, 0.5) is 4.39 Å². The van der Waals surface area contributed by atoms with Gasteiger partial charge >= 0.3 is 0 Å². The fourth-order valence-electron chi connectivity index (χ4n) is 2.32. The summed E-state index contributed by atoms with van der Waals surface area (Å²) in [5.41, 5.74) is 5.60. The van der Waals surface area contributed by atoms with Crippen molar-refractivity contribution in [1.29, 1.82) is 0 Å². The first kappa shape index (κ1) is 19.5. The van der Waals surface area contributed by atoms with E-state index in [2.05, 4.69) is 5.32 Å². The Morgan fingerprint density at radius 2 is 2.00 bits per heavy atom. The lowest BCUT2D eigenvalue weighted by Crippen LogP contribution is -2.27. The molecule has 26 heavy (non-hydrogen) atoms. The van der Waals surface area contributed by atoms with Gasteiger partial charge in [-0.15, -0.1) is 0 Å². The number of methoxy groups -OCH3 is 1. The van der Waals surface area contributed by atoms with Gasteiger partial charge in [0, 0.05) is 11.1 Å². The summed E-state index contributed by atoms with van der Waals surface area (Å²) in [6, 6.07) is 8.39. The number of nitrogens with two attached hydrogens (primary N) is 1. The molecule has 138 valence electrons. The van der Waals surface area contributed by atoms with E-state index in [4.69, 9.17) is 26.8 Å². The van der Waals surface area contributed by atoms with Crippen molar-refractivity contribution in [3.8, 4) is 11.5 Å². The van der Waals surface area contributed by atoms with Gasteiger partial charge in [-0.2, -0.15) is 0 Å². The van der Waals surface area contributed by atoms with Crippen LogP contribution in [0.25, 0.3) is 0 Å². The van der Waals surface area contributed by atoms with E-state index in [-0.39, 0.29) is 28.7 Å². The van der Waals surface area contributed by atoms with Crippen LogP contribution in [0, 0.1) is 5.82 Å². The first-order valence-corrected chi connectivity index (χ1v) is 8.05. The van der Waals surface area contributed by atoms with Gasteiger partial charge in [-0.1, -0.05) is 29.8 Å². The van der Waals surface area contributed by atoms with Crippen molar-refractivity contribution in [2.24, 2.45) is 5.73 Å². The smallest absolute Gasteiger partial charge is 0.255 e. The van der Waals surface area contributed by atoms with Crippen LogP contribution in [0.3, 0.4) is 0 Å². The van der Waals surface area contributed by atoms with Crippen LogP contribution in [0.5, 0.6) is 11.5 Å². The van der Waals surface area contributed by atoms with Crippen LogP contribution in [0.1, 0.15) is 28.9 Å². The standard InChI is InChI=1S/C18H18ClFN2O4/c1-10(12-5-3-4-6-14(12)20)22-18(24)11-7-13(19)17(15(8-11)25-2)26-9-16(21)23/h3-8,10H,9H2,1-2H3,(H2,21,23)(H,22,24). The molecule has 0 aliphatic rings. The number of ether oxygens (including phenoxy) is 2. The van der Waals surface area contributed by atoms with Gasteiger partial charge in [0.2, 0.25) is 0 Å². The van der Waals surface area contributed by atoms with E-state index in [0.29, 0.717) is 5.56 Å². The van der Waals surface area contributed by atoms with E-state index in [1.165, 1.54) is 25.3 Å². The van der Waals surface area contributed by atoms with E-state index >= 15 is 0 Å². The first-order valence-electron chi connectivity index (χ1n) is 7.67. The molecule has 0 aliphatic heterocycles. The molecule has 2 amide bonds. The van der Waals surface area contributed by atoms with Crippen molar-refractivity contribution in [2.45, 2.75) is 13.0 Å². The average Bonchev–Trinajstić information content (AvgIpc) is 2.60. The van der Waals surface area contributed by atoms with E-state index in [0.717, 1.165) is 0 Å². The molecule has 2 aromatic carbocycles. The van der Waals surface area contributed by atoms with Gasteiger partial charge in [-0.25, -0.2) is 4.39 Å². The summed E-state index contributed by atoms with van der Waals surface area (Å²) in [6.07, 6.45) is 0. The zero-order valence-electron chi connectivity index (χ0n) is 14.2. The Kier molecular flexibility index (Phi) is 6.41. The maximum absolute atomic E-state index is 13.8. The first-order chi connectivity index (χ1) is 12.3. The molecule has 1 unspecified atom stereocenters. The number of benzene rings is 2. The Bertz CT molecular complexity index is 829. The van der Waals surface area contributed by atoms with Gasteiger partial charge in [0.25, 0.3) is 11.8 Å². The van der Waals surface area contributed by atoms with Crippen LogP contribution >= 0.6 is 11.6 Å². The van der Waals surface area contributed by atoms with Gasteiger partial charge < -0.3 is 20.5 Å². The largest absolute Gasteiger partial charge is 0.493 e. The van der Waals surface area contributed by atoms with Gasteiger partial charge in [0.15, 0.2) is 18.1 Å². The molecule has 0 spiro atoms. The predicted molar refractivity (Wildman–Crippen MR) is 95.0 cm³/mol. The highest BCUT2D eigenvalue weighted by molar-refractivity contribution is 6.32. The quantitative estimate of drug-likeness (QED) is 0.772. The number of hydrogen-bond acceptors (Lipinski definition) is 4. The summed E-state index contributed by atoms with van der Waals surface area (Å²) >= 11 is 6.12. The normalized spacial score (nSPS) is 11.5. The average molecular weight is 381 g/mol. The molecule has 0 aromatic heterocycles. The number of halogens is 2. The molecule has 0 heterocycles. The van der Waals surface area contributed by atoms with E-state index in [9.17, 15) is 14.0 Å². The molecule has 3 N–H and O–H groups in total. The van der Waals surface area contributed by atoms with Crippen molar-refractivity contribution < 1.29 is 23.5 Å². The minimum absolute atomic E-state index is 0.0781. The third-order valence-corrected chi connectivity index (χ3v) is 3.85. The zero-order chi connectivity index (χ0) is 19.3. The third-order valence-electron chi connectivity index (χ3n) is 3.57. The Morgan fingerprint density at radius 3 is 2.62 bits per heavy atom. The molecule has 0 bridgehead atoms. The maximum Gasteiger partial charge on any atom is 0.255 e. The molecule has 0 fully saturated rings. The second-order valence-electron chi connectivity index (χ2n) is 5.46. The van der Waals surface area contributed by atoms with Crippen molar-refractivity contribution >= 4 is 23.4 Å². The molecule has 0 aliphatic carbocycles. The molecule has 6 nitrogen and oxygen atoms in total. The molecule has 2 rings (SSSR count). The second-order valence-corrected chi connectivity index (χ2v) is 5.87. The summed E-state index contributed by atoms with van der Waals surface area (Å²) in [4.78, 5) is 23.3. The summed E-state index contributed by atoms with van der Waals surface area (Å²) in [5.74, 6) is -1.29. The van der Waals surface area contributed by atoms with Crippen LogP contribution in [0.2, 0.25) is 5.02 Å². The highest BCUT2D eigenvalue weighted by Crippen LogP contribution is 2.36. The Balaban J connectivity index is 2.22. The SMILES string of the molecule is COc1cc(C(=O)NC(C)c2ccccc2F)cc(Cl)c1OCC(N)=O. The number of hydrogen-bond donors (Lipinski definition) is 2. The maximum atomic E-state index is 13.8. The molecular formula is C18H18ClFN2O4. The molecular weight excluding hydrogens is 363 g/mol. The minimum atomic E-state index is -0.677. The van der Waals surface area contributed by atoms with Gasteiger partial charge in [0.1, 0.15) is 5.82 Å². The third kappa shape index (κ3) is 4.64. The number of nitrogens with one attached hydrogen (secondary N) is 1. The van der Waals surface area contributed by atoms with E-state index < -0.39 is 23.7 Å². The topological polar surface area (TPSA) is 90.7 Å². The predicted octanol–water partition coefficient (Wildman–Crippen LogP) is 2.84. The zero-order valence-corrected chi connectivity index (χ0v) is 15.0. The lowest BCUT2D eigenvalue weighted by molar-refractivity contribution is -0.119. The highest BCUT2D eigenvalue weighted by atomic mass is 35.5. The number of carbonyl (C=O) groups is 2. The molecule has 0 saturated heterocycles. The highest BCUT2D eigenvalue weighted by Gasteiger charge is 2.19. The molecule has 0 radical (unpaired) electrons. The number of carbonyl (C=O) groups excluding carboxylic acids is 2. The van der Waals surface area contributed by atoms with E-state index in [1.54, 1.807) is 25.1 Å². The Labute approximate surface area is 155 Å². The van der Waals surface area contributed by atoms with Crippen molar-refractivity contribution in [3.63, 3.8) is 0 Å². The van der Waals surface area contributed by atoms with Crippen LogP contribution in [-0.2, 0) is 4.79 Å². The fraction of sp³-hybridized carbons (Fsp3) is 0.222. The monoisotopic (exact) mass is 380 g/mol. The molecule has 0 saturated carbocycles. The fourth-order valence-corrected chi connectivity index (χ4v) is 2.58. The number of primary amides is 1. The van der Waals surface area contributed by atoms with Crippen molar-refractivity contribution in [3.05, 3.63) is 58.4 Å². The summed E-state index contributed by atoms with van der Waals surface area (Å²) in [5, 5.41) is 2.77. The van der Waals surface area contributed by atoms with Crippen molar-refractivity contribution in [1.82, 2.24) is 5.32 Å². The van der Waals surface area contributed by atoms with Gasteiger partial charge in [0.05, 0.1) is 18.2 Å². The lowest BCUT2D eigenvalue weighted by atomic mass is 10.1.